The zero-order valence-corrected chi connectivity index (χ0v) is 19.5. The van der Waals surface area contributed by atoms with Gasteiger partial charge in [-0.05, 0) is 99.3 Å². The quantitative estimate of drug-likeness (QED) is 0.211. The van der Waals surface area contributed by atoms with Crippen LogP contribution in [0, 0.1) is 0 Å². The first kappa shape index (κ1) is 25.7. The molecule has 0 atom stereocenters. The Labute approximate surface area is 171 Å². The van der Waals surface area contributed by atoms with Crippen molar-refractivity contribution >= 4 is 0 Å². The van der Waals surface area contributed by atoms with Crippen molar-refractivity contribution in [2.24, 2.45) is 0 Å². The lowest BCUT2D eigenvalue weighted by Gasteiger charge is -2.02. The summed E-state index contributed by atoms with van der Waals surface area (Å²) in [5.41, 5.74) is 7.57. The molecule has 0 heterocycles. The molecule has 27 heavy (non-hydrogen) atoms. The number of unbranched alkanes of at least 4 members (excludes halogenated alkanes) is 1. The summed E-state index contributed by atoms with van der Waals surface area (Å²) in [5.74, 6) is 0. The van der Waals surface area contributed by atoms with Crippen molar-refractivity contribution in [1.82, 2.24) is 0 Å². The number of rotatable bonds is 14. The average molecular weight is 371 g/mol. The average Bonchev–Trinajstić information content (AvgIpc) is 2.58. The van der Waals surface area contributed by atoms with Crippen LogP contribution in [-0.4, -0.2) is 0 Å². The van der Waals surface area contributed by atoms with Crippen LogP contribution in [0.4, 0.5) is 0 Å². The van der Waals surface area contributed by atoms with E-state index in [4.69, 9.17) is 0 Å². The van der Waals surface area contributed by atoms with E-state index < -0.39 is 0 Å². The van der Waals surface area contributed by atoms with Gasteiger partial charge >= 0.3 is 0 Å². The molecule has 0 aromatic rings. The molecule has 0 aromatic carbocycles. The SMILES string of the molecule is CCCC(C)=CCCC(C)=CCCC=C(C)CCC=C(C)CCC=C(C)C. The zero-order chi connectivity index (χ0) is 20.5. The number of allylic oxidation sites excluding steroid dienone is 10. The minimum Gasteiger partial charge on any atom is -0.0856 e. The van der Waals surface area contributed by atoms with Gasteiger partial charge in [0.15, 0.2) is 0 Å². The van der Waals surface area contributed by atoms with Crippen molar-refractivity contribution in [2.75, 3.05) is 0 Å². The number of hydrogen-bond acceptors (Lipinski definition) is 0. The largest absolute Gasteiger partial charge is 0.0856 e. The van der Waals surface area contributed by atoms with Gasteiger partial charge in [-0.2, -0.15) is 0 Å². The summed E-state index contributed by atoms with van der Waals surface area (Å²) >= 11 is 0. The molecule has 0 aliphatic heterocycles. The predicted molar refractivity (Wildman–Crippen MR) is 126 cm³/mol. The molecule has 0 aromatic heterocycles. The molecule has 0 saturated heterocycles. The Morgan fingerprint density at radius 1 is 0.444 bits per heavy atom. The summed E-state index contributed by atoms with van der Waals surface area (Å²) in [5, 5.41) is 0. The van der Waals surface area contributed by atoms with Gasteiger partial charge in [0.1, 0.15) is 0 Å². The van der Waals surface area contributed by atoms with E-state index in [2.05, 4.69) is 78.8 Å². The van der Waals surface area contributed by atoms with Crippen LogP contribution in [0.25, 0.3) is 0 Å². The molecule has 0 heteroatoms. The highest BCUT2D eigenvalue weighted by Crippen LogP contribution is 2.14. The van der Waals surface area contributed by atoms with Gasteiger partial charge in [-0.3, -0.25) is 0 Å². The molecular formula is C27H46. The predicted octanol–water partition coefficient (Wildman–Crippen LogP) is 9.66. The molecular weight excluding hydrogens is 324 g/mol. The van der Waals surface area contributed by atoms with Crippen molar-refractivity contribution in [1.29, 1.82) is 0 Å². The lowest BCUT2D eigenvalue weighted by Crippen LogP contribution is -1.82. The van der Waals surface area contributed by atoms with E-state index in [1.165, 1.54) is 86.5 Å². The van der Waals surface area contributed by atoms with E-state index in [-0.39, 0.29) is 0 Å². The van der Waals surface area contributed by atoms with Crippen molar-refractivity contribution < 1.29 is 0 Å². The van der Waals surface area contributed by atoms with Crippen LogP contribution in [0.1, 0.15) is 113 Å². The summed E-state index contributed by atoms with van der Waals surface area (Å²) in [6, 6.07) is 0. The van der Waals surface area contributed by atoms with Crippen LogP contribution in [0.5, 0.6) is 0 Å². The molecule has 0 spiro atoms. The fourth-order valence-corrected chi connectivity index (χ4v) is 3.14. The molecule has 0 nitrogen and oxygen atoms in total. The van der Waals surface area contributed by atoms with Gasteiger partial charge in [-0.25, -0.2) is 0 Å². The van der Waals surface area contributed by atoms with E-state index >= 15 is 0 Å². The van der Waals surface area contributed by atoms with Crippen LogP contribution in [0.2, 0.25) is 0 Å². The van der Waals surface area contributed by atoms with Gasteiger partial charge in [0, 0.05) is 0 Å². The molecule has 0 amide bonds. The van der Waals surface area contributed by atoms with Crippen LogP contribution >= 0.6 is 0 Å². The normalized spacial score (nSPS) is 13.9. The Balaban J connectivity index is 4.01. The van der Waals surface area contributed by atoms with E-state index in [1.54, 1.807) is 5.57 Å². The van der Waals surface area contributed by atoms with Gasteiger partial charge in [-0.1, -0.05) is 71.6 Å². The van der Waals surface area contributed by atoms with Gasteiger partial charge < -0.3 is 0 Å². The van der Waals surface area contributed by atoms with Crippen LogP contribution < -0.4 is 0 Å². The Hall–Kier alpha value is -1.30. The highest BCUT2D eigenvalue weighted by atomic mass is 14.0. The molecule has 0 N–H and O–H groups in total. The van der Waals surface area contributed by atoms with Crippen LogP contribution in [-0.2, 0) is 0 Å². The molecule has 154 valence electrons. The van der Waals surface area contributed by atoms with Crippen molar-refractivity contribution in [3.63, 3.8) is 0 Å². The third-order valence-corrected chi connectivity index (χ3v) is 4.95. The number of hydrogen-bond donors (Lipinski definition) is 0. The fraction of sp³-hybridized carbons (Fsp3) is 0.630. The van der Waals surface area contributed by atoms with E-state index in [1.807, 2.05) is 0 Å². The van der Waals surface area contributed by atoms with Crippen molar-refractivity contribution in [2.45, 2.75) is 113 Å². The second kappa shape index (κ2) is 16.8. The van der Waals surface area contributed by atoms with E-state index in [9.17, 15) is 0 Å². The molecule has 0 aliphatic rings. The van der Waals surface area contributed by atoms with Gasteiger partial charge in [0.05, 0.1) is 0 Å². The maximum absolute atomic E-state index is 2.43. The highest BCUT2D eigenvalue weighted by Gasteiger charge is 1.93. The summed E-state index contributed by atoms with van der Waals surface area (Å²) in [6.07, 6.45) is 24.1. The molecule has 0 rings (SSSR count). The van der Waals surface area contributed by atoms with E-state index in [0.29, 0.717) is 0 Å². The minimum atomic E-state index is 1.18. The summed E-state index contributed by atoms with van der Waals surface area (Å²) in [6.45, 7) is 15.7. The molecule has 0 radical (unpaired) electrons. The zero-order valence-electron chi connectivity index (χ0n) is 19.5. The molecule has 0 unspecified atom stereocenters. The maximum atomic E-state index is 2.43. The van der Waals surface area contributed by atoms with E-state index in [0.717, 1.165) is 0 Å². The topological polar surface area (TPSA) is 0 Å². The summed E-state index contributed by atoms with van der Waals surface area (Å²) in [4.78, 5) is 0. The first-order chi connectivity index (χ1) is 12.8. The molecule has 0 saturated carbocycles. The Morgan fingerprint density at radius 2 is 0.778 bits per heavy atom. The lowest BCUT2D eigenvalue weighted by molar-refractivity contribution is 0.876. The Morgan fingerprint density at radius 3 is 1.15 bits per heavy atom. The third-order valence-electron chi connectivity index (χ3n) is 4.95. The molecule has 0 aliphatic carbocycles. The van der Waals surface area contributed by atoms with Crippen molar-refractivity contribution in [3.05, 3.63) is 58.2 Å². The third kappa shape index (κ3) is 17.9. The highest BCUT2D eigenvalue weighted by molar-refractivity contribution is 5.07. The first-order valence-electron chi connectivity index (χ1n) is 11.1. The second-order valence-corrected chi connectivity index (χ2v) is 8.43. The first-order valence-corrected chi connectivity index (χ1v) is 11.1. The Kier molecular flexibility index (Phi) is 16.0. The monoisotopic (exact) mass is 370 g/mol. The summed E-state index contributed by atoms with van der Waals surface area (Å²) < 4.78 is 0. The maximum Gasteiger partial charge on any atom is -0.0288 e. The van der Waals surface area contributed by atoms with Crippen LogP contribution in [0.3, 0.4) is 0 Å². The van der Waals surface area contributed by atoms with Crippen LogP contribution in [0.15, 0.2) is 58.2 Å². The standard InChI is InChI=1S/C27H46/c1-8-14-24(4)19-12-20-25(5)16-9-10-17-26(6)21-13-22-27(7)18-11-15-23(2)3/h15-17,19,22H,8-14,18,20-21H2,1-7H3. The second-order valence-electron chi connectivity index (χ2n) is 8.43. The summed E-state index contributed by atoms with van der Waals surface area (Å²) in [7, 11) is 0. The smallest absolute Gasteiger partial charge is 0.0288 e. The fourth-order valence-electron chi connectivity index (χ4n) is 3.14. The molecule has 0 fully saturated rings. The molecule has 0 bridgehead atoms. The van der Waals surface area contributed by atoms with Crippen molar-refractivity contribution in [3.8, 4) is 0 Å². The Bertz CT molecular complexity index is 530. The lowest BCUT2D eigenvalue weighted by atomic mass is 10.0. The van der Waals surface area contributed by atoms with Gasteiger partial charge in [0.2, 0.25) is 0 Å². The minimum absolute atomic E-state index is 1.18. The van der Waals surface area contributed by atoms with Gasteiger partial charge in [-0.15, -0.1) is 0 Å². The van der Waals surface area contributed by atoms with Gasteiger partial charge in [0.25, 0.3) is 0 Å².